The Kier molecular flexibility index (Phi) is 3.33. The molecule has 0 atom stereocenters. The summed E-state index contributed by atoms with van der Waals surface area (Å²) < 4.78 is 7.07. The van der Waals surface area contributed by atoms with Crippen molar-refractivity contribution < 1.29 is 4.74 Å². The molecule has 0 saturated carbocycles. The van der Waals surface area contributed by atoms with Crippen molar-refractivity contribution in [2.24, 2.45) is 0 Å². The molecule has 4 nitrogen and oxygen atoms in total. The van der Waals surface area contributed by atoms with Crippen LogP contribution in [-0.2, 0) is 11.3 Å². The van der Waals surface area contributed by atoms with E-state index in [4.69, 9.17) is 4.74 Å². The van der Waals surface area contributed by atoms with Gasteiger partial charge in [0.1, 0.15) is 4.47 Å². The highest BCUT2D eigenvalue weighted by Crippen LogP contribution is 2.12. The number of nitrogens with one attached hydrogen (secondary N) is 1. The Hall–Kier alpha value is -0.550. The lowest BCUT2D eigenvalue weighted by molar-refractivity contribution is 0.180. The average molecular weight is 249 g/mol. The van der Waals surface area contributed by atoms with Gasteiger partial charge in [-0.3, -0.25) is 9.89 Å². The minimum absolute atomic E-state index is 0.0398. The Bertz CT molecular complexity index is 340. The van der Waals surface area contributed by atoms with Gasteiger partial charge >= 0.3 is 0 Å². The van der Waals surface area contributed by atoms with Crippen LogP contribution in [-0.4, -0.2) is 16.9 Å². The molecule has 1 heterocycles. The normalized spacial score (nSPS) is 11.2. The van der Waals surface area contributed by atoms with Gasteiger partial charge in [0.05, 0.1) is 12.3 Å². The van der Waals surface area contributed by atoms with Crippen LogP contribution in [0.3, 0.4) is 0 Å². The summed E-state index contributed by atoms with van der Waals surface area (Å²) in [7, 11) is 1.59. The van der Waals surface area contributed by atoms with Gasteiger partial charge in [-0.2, -0.15) is 0 Å². The van der Waals surface area contributed by atoms with Crippen LogP contribution in [0.1, 0.15) is 25.6 Å². The fourth-order valence-corrected chi connectivity index (χ4v) is 1.48. The van der Waals surface area contributed by atoms with E-state index in [0.717, 1.165) is 5.69 Å². The highest BCUT2D eigenvalue weighted by Gasteiger charge is 2.12. The second kappa shape index (κ2) is 4.11. The van der Waals surface area contributed by atoms with Gasteiger partial charge in [0.15, 0.2) is 0 Å². The second-order valence-corrected chi connectivity index (χ2v) is 3.90. The predicted molar refractivity (Wildman–Crippen MR) is 53.9 cm³/mol. The van der Waals surface area contributed by atoms with Crippen LogP contribution >= 0.6 is 15.9 Å². The number of aromatic amines is 1. The van der Waals surface area contributed by atoms with E-state index in [1.54, 1.807) is 11.8 Å². The predicted octanol–water partition coefficient (Wildman–Crippen LogP) is 1.67. The number of H-pyrrole nitrogens is 1. The number of aromatic nitrogens is 2. The Balaban J connectivity index is 3.13. The minimum Gasteiger partial charge on any atom is -0.378 e. The van der Waals surface area contributed by atoms with Crippen molar-refractivity contribution in [2.75, 3.05) is 7.11 Å². The maximum atomic E-state index is 11.5. The number of methoxy groups -OCH3 is 1. The lowest BCUT2D eigenvalue weighted by atomic mass is 10.4. The second-order valence-electron chi connectivity index (χ2n) is 3.11. The molecule has 1 rings (SSSR count). The van der Waals surface area contributed by atoms with Crippen LogP contribution in [0.5, 0.6) is 0 Å². The summed E-state index contributed by atoms with van der Waals surface area (Å²) in [5.41, 5.74) is 0.739. The summed E-state index contributed by atoms with van der Waals surface area (Å²) in [5.74, 6) is 0. The first-order valence-corrected chi connectivity index (χ1v) is 4.85. The standard InChI is InChI=1S/C8H13BrN2O2/c1-5(2)11-8(12)7(9)6(10-11)4-13-3/h5,10H,4H2,1-3H3. The molecule has 0 aliphatic heterocycles. The summed E-state index contributed by atoms with van der Waals surface area (Å²) in [6, 6.07) is 0.134. The van der Waals surface area contributed by atoms with Gasteiger partial charge < -0.3 is 4.74 Å². The molecule has 1 N–H and O–H groups in total. The molecule has 1 aromatic heterocycles. The Morgan fingerprint density at radius 3 is 2.62 bits per heavy atom. The summed E-state index contributed by atoms with van der Waals surface area (Å²) >= 11 is 3.23. The first-order chi connectivity index (χ1) is 6.07. The maximum absolute atomic E-state index is 11.5. The summed E-state index contributed by atoms with van der Waals surface area (Å²) in [6.07, 6.45) is 0. The highest BCUT2D eigenvalue weighted by molar-refractivity contribution is 9.10. The number of nitrogens with zero attached hydrogens (tertiary/aromatic N) is 1. The molecular weight excluding hydrogens is 236 g/mol. The van der Waals surface area contributed by atoms with Gasteiger partial charge in [0.25, 0.3) is 5.56 Å². The number of rotatable bonds is 3. The average Bonchev–Trinajstić information content (AvgIpc) is 2.33. The lowest BCUT2D eigenvalue weighted by Gasteiger charge is -2.04. The summed E-state index contributed by atoms with van der Waals surface area (Å²) in [4.78, 5) is 11.5. The molecule has 0 radical (unpaired) electrons. The van der Waals surface area contributed by atoms with Crippen molar-refractivity contribution in [3.63, 3.8) is 0 Å². The van der Waals surface area contributed by atoms with Gasteiger partial charge in [-0.25, -0.2) is 4.68 Å². The van der Waals surface area contributed by atoms with Crippen LogP contribution in [0.25, 0.3) is 0 Å². The third-order valence-electron chi connectivity index (χ3n) is 1.73. The quantitative estimate of drug-likeness (QED) is 0.885. The Labute approximate surface area is 85.0 Å². The molecule has 0 unspecified atom stereocenters. The molecule has 13 heavy (non-hydrogen) atoms. The van der Waals surface area contributed by atoms with Crippen molar-refractivity contribution >= 4 is 15.9 Å². The Morgan fingerprint density at radius 1 is 1.62 bits per heavy atom. The SMILES string of the molecule is COCc1[nH]n(C(C)C)c(=O)c1Br. The van der Waals surface area contributed by atoms with Gasteiger partial charge in [-0.1, -0.05) is 0 Å². The summed E-state index contributed by atoms with van der Waals surface area (Å²) in [6.45, 7) is 4.30. The molecule has 1 aromatic rings. The lowest BCUT2D eigenvalue weighted by Crippen LogP contribution is -2.18. The zero-order chi connectivity index (χ0) is 10.0. The third kappa shape index (κ3) is 2.03. The van der Waals surface area contributed by atoms with Crippen molar-refractivity contribution in [1.29, 1.82) is 0 Å². The van der Waals surface area contributed by atoms with E-state index in [0.29, 0.717) is 11.1 Å². The molecule has 0 aliphatic rings. The van der Waals surface area contributed by atoms with E-state index >= 15 is 0 Å². The van der Waals surface area contributed by atoms with Crippen LogP contribution in [0.4, 0.5) is 0 Å². The Morgan fingerprint density at radius 2 is 2.23 bits per heavy atom. The van der Waals surface area contributed by atoms with Gasteiger partial charge in [0, 0.05) is 13.2 Å². The molecule has 0 bridgehead atoms. The fourth-order valence-electron chi connectivity index (χ4n) is 1.08. The van der Waals surface area contributed by atoms with Crippen LogP contribution < -0.4 is 5.56 Å². The highest BCUT2D eigenvalue weighted by atomic mass is 79.9. The van der Waals surface area contributed by atoms with Gasteiger partial charge in [-0.15, -0.1) is 0 Å². The minimum atomic E-state index is -0.0398. The molecule has 0 saturated heterocycles. The number of halogens is 1. The topological polar surface area (TPSA) is 47.0 Å². The van der Waals surface area contributed by atoms with Crippen LogP contribution in [0, 0.1) is 0 Å². The van der Waals surface area contributed by atoms with Gasteiger partial charge in [-0.05, 0) is 29.8 Å². The molecular formula is C8H13BrN2O2. The van der Waals surface area contributed by atoms with Crippen molar-refractivity contribution in [2.45, 2.75) is 26.5 Å². The molecule has 74 valence electrons. The van der Waals surface area contributed by atoms with Crippen molar-refractivity contribution in [3.8, 4) is 0 Å². The molecule has 0 amide bonds. The molecule has 0 aromatic carbocycles. The zero-order valence-electron chi connectivity index (χ0n) is 7.93. The van der Waals surface area contributed by atoms with E-state index in [1.807, 2.05) is 13.8 Å². The van der Waals surface area contributed by atoms with Crippen molar-refractivity contribution in [1.82, 2.24) is 9.78 Å². The zero-order valence-corrected chi connectivity index (χ0v) is 9.51. The van der Waals surface area contributed by atoms with E-state index < -0.39 is 0 Å². The smallest absolute Gasteiger partial charge is 0.281 e. The number of hydrogen-bond donors (Lipinski definition) is 1. The number of ether oxygens (including phenoxy) is 1. The molecule has 0 spiro atoms. The van der Waals surface area contributed by atoms with Crippen molar-refractivity contribution in [3.05, 3.63) is 20.5 Å². The van der Waals surface area contributed by atoms with Gasteiger partial charge in [0.2, 0.25) is 0 Å². The van der Waals surface area contributed by atoms with E-state index in [1.165, 1.54) is 0 Å². The van der Waals surface area contributed by atoms with E-state index in [-0.39, 0.29) is 11.6 Å². The van der Waals surface area contributed by atoms with E-state index in [9.17, 15) is 4.79 Å². The first kappa shape index (κ1) is 10.5. The van der Waals surface area contributed by atoms with Crippen LogP contribution in [0.2, 0.25) is 0 Å². The molecule has 5 heteroatoms. The largest absolute Gasteiger partial charge is 0.378 e. The van der Waals surface area contributed by atoms with Crippen LogP contribution in [0.15, 0.2) is 9.27 Å². The monoisotopic (exact) mass is 248 g/mol. The third-order valence-corrected chi connectivity index (χ3v) is 2.55. The summed E-state index contributed by atoms with van der Waals surface area (Å²) in [5, 5.41) is 2.98. The molecule has 0 aliphatic carbocycles. The fraction of sp³-hybridized carbons (Fsp3) is 0.625. The molecule has 0 fully saturated rings. The van der Waals surface area contributed by atoms with E-state index in [2.05, 4.69) is 21.0 Å². The number of hydrogen-bond acceptors (Lipinski definition) is 2. The first-order valence-electron chi connectivity index (χ1n) is 4.05. The maximum Gasteiger partial charge on any atom is 0.281 e.